The number of nitrogens with one attached hydrogen (secondary N) is 1. The lowest BCUT2D eigenvalue weighted by molar-refractivity contribution is -0.132. The van der Waals surface area contributed by atoms with E-state index in [1.807, 2.05) is 4.52 Å². The molecule has 4 heterocycles. The fourth-order valence-corrected chi connectivity index (χ4v) is 5.08. The summed E-state index contributed by atoms with van der Waals surface area (Å²) in [5.41, 5.74) is 9.05. The quantitative estimate of drug-likeness (QED) is 0.472. The molecule has 1 saturated heterocycles. The van der Waals surface area contributed by atoms with Gasteiger partial charge in [0.1, 0.15) is 6.33 Å². The third kappa shape index (κ3) is 4.21. The first kappa shape index (κ1) is 23.5. The minimum Gasteiger partial charge on any atom is -0.371 e. The first-order valence-corrected chi connectivity index (χ1v) is 12.2. The van der Waals surface area contributed by atoms with Gasteiger partial charge in [-0.15, -0.1) is 0 Å². The maximum atomic E-state index is 12.2. The van der Waals surface area contributed by atoms with Crippen LogP contribution in [0.15, 0.2) is 30.7 Å². The predicted octanol–water partition coefficient (Wildman–Crippen LogP) is 4.08. The van der Waals surface area contributed by atoms with Crippen LogP contribution in [0.4, 0.5) is 0 Å². The zero-order chi connectivity index (χ0) is 24.9. The van der Waals surface area contributed by atoms with Crippen molar-refractivity contribution >= 4 is 22.5 Å². The van der Waals surface area contributed by atoms with Crippen LogP contribution in [0.5, 0.6) is 0 Å². The monoisotopic (exact) mass is 474 g/mol. The molecule has 1 aliphatic heterocycles. The van der Waals surface area contributed by atoms with Crippen LogP contribution in [0.1, 0.15) is 48.1 Å². The molecule has 1 unspecified atom stereocenters. The number of hydrogen-bond acceptors (Lipinski definition) is 5. The third-order valence-electron chi connectivity index (χ3n) is 7.22. The van der Waals surface area contributed by atoms with E-state index in [1.54, 1.807) is 25.3 Å². The molecule has 0 spiro atoms. The van der Waals surface area contributed by atoms with E-state index in [-0.39, 0.29) is 12.0 Å². The van der Waals surface area contributed by atoms with Gasteiger partial charge in [-0.2, -0.15) is 5.10 Å². The number of morpholine rings is 1. The Morgan fingerprint density at radius 1 is 1.26 bits per heavy atom. The third-order valence-corrected chi connectivity index (χ3v) is 7.22. The first-order chi connectivity index (χ1) is 16.7. The van der Waals surface area contributed by atoms with Crippen molar-refractivity contribution in [3.63, 3.8) is 0 Å². The Morgan fingerprint density at radius 2 is 2.06 bits per heavy atom. The minimum atomic E-state index is -0.0584. The van der Waals surface area contributed by atoms with Crippen LogP contribution in [-0.4, -0.2) is 75.6 Å². The van der Waals surface area contributed by atoms with E-state index < -0.39 is 0 Å². The van der Waals surface area contributed by atoms with Gasteiger partial charge in [0, 0.05) is 49.8 Å². The molecule has 1 N–H and O–H groups in total. The van der Waals surface area contributed by atoms with Crippen molar-refractivity contribution in [1.29, 1.82) is 0 Å². The van der Waals surface area contributed by atoms with Gasteiger partial charge in [0.05, 0.1) is 24.9 Å². The average Bonchev–Trinajstić information content (AvgIpc) is 3.45. The molecule has 0 saturated carbocycles. The SMILES string of the molecule is Cc1c(-c2[nH]c3ccc(C4CN(CC(=O)N(C)C)CCO4)cc3c2C(C)C)cn2ncnc2c1C. The smallest absolute Gasteiger partial charge is 0.236 e. The summed E-state index contributed by atoms with van der Waals surface area (Å²) in [4.78, 5) is 24.2. The number of carbonyl (C=O) groups excluding carboxylic acids is 1. The van der Waals surface area contributed by atoms with Gasteiger partial charge >= 0.3 is 0 Å². The maximum absolute atomic E-state index is 12.2. The number of aromatic amines is 1. The van der Waals surface area contributed by atoms with Crippen molar-refractivity contribution in [2.75, 3.05) is 40.3 Å². The number of aromatic nitrogens is 4. The standard InChI is InChI=1S/C27H34N6O2/c1-16(2)25-20-11-19(23-13-32(9-10-35-23)14-24(34)31(5)6)7-8-22(20)30-26(25)21-12-33-27(28-15-29-33)18(4)17(21)3/h7-8,11-12,15-16,23,30H,9-10,13-14H2,1-6H3. The number of H-pyrrole nitrogens is 1. The molecule has 1 aromatic carbocycles. The number of fused-ring (bicyclic) bond motifs is 2. The topological polar surface area (TPSA) is 78.8 Å². The molecule has 0 bridgehead atoms. The van der Waals surface area contributed by atoms with Gasteiger partial charge in [0.15, 0.2) is 5.65 Å². The van der Waals surface area contributed by atoms with Gasteiger partial charge in [-0.25, -0.2) is 9.50 Å². The molecular formula is C27H34N6O2. The lowest BCUT2D eigenvalue weighted by Gasteiger charge is -2.33. The number of likely N-dealkylation sites (N-methyl/N-ethyl adjacent to an activating group) is 1. The zero-order valence-corrected chi connectivity index (χ0v) is 21.4. The Morgan fingerprint density at radius 3 is 2.80 bits per heavy atom. The summed E-state index contributed by atoms with van der Waals surface area (Å²) >= 11 is 0. The molecular weight excluding hydrogens is 440 g/mol. The number of rotatable bonds is 5. The summed E-state index contributed by atoms with van der Waals surface area (Å²) in [6.45, 7) is 11.3. The van der Waals surface area contributed by atoms with E-state index >= 15 is 0 Å². The van der Waals surface area contributed by atoms with Gasteiger partial charge in [-0.3, -0.25) is 9.69 Å². The highest BCUT2D eigenvalue weighted by atomic mass is 16.5. The normalized spacial score (nSPS) is 17.1. The first-order valence-electron chi connectivity index (χ1n) is 12.2. The van der Waals surface area contributed by atoms with Gasteiger partial charge in [-0.05, 0) is 54.2 Å². The number of carbonyl (C=O) groups is 1. The van der Waals surface area contributed by atoms with Crippen molar-refractivity contribution in [2.45, 2.75) is 39.7 Å². The molecule has 1 fully saturated rings. The van der Waals surface area contributed by atoms with Crippen molar-refractivity contribution in [1.82, 2.24) is 29.4 Å². The van der Waals surface area contributed by atoms with E-state index in [0.717, 1.165) is 40.1 Å². The molecule has 1 aliphatic rings. The minimum absolute atomic E-state index is 0.0584. The van der Waals surface area contributed by atoms with Crippen LogP contribution in [0, 0.1) is 13.8 Å². The van der Waals surface area contributed by atoms with E-state index in [4.69, 9.17) is 4.74 Å². The van der Waals surface area contributed by atoms with E-state index in [0.29, 0.717) is 25.6 Å². The molecule has 0 radical (unpaired) electrons. The van der Waals surface area contributed by atoms with Crippen molar-refractivity contribution in [3.05, 3.63) is 53.0 Å². The van der Waals surface area contributed by atoms with Crippen LogP contribution in [0.25, 0.3) is 27.8 Å². The fraction of sp³-hybridized carbons (Fsp3) is 0.444. The summed E-state index contributed by atoms with van der Waals surface area (Å²) < 4.78 is 8.02. The summed E-state index contributed by atoms with van der Waals surface area (Å²) in [6.07, 6.45) is 3.62. The Hall–Kier alpha value is -3.23. The van der Waals surface area contributed by atoms with Crippen LogP contribution in [0.2, 0.25) is 0 Å². The van der Waals surface area contributed by atoms with Crippen molar-refractivity contribution in [3.8, 4) is 11.3 Å². The second-order valence-corrected chi connectivity index (χ2v) is 10.1. The van der Waals surface area contributed by atoms with Crippen LogP contribution in [0.3, 0.4) is 0 Å². The summed E-state index contributed by atoms with van der Waals surface area (Å²) in [6, 6.07) is 6.57. The number of benzene rings is 1. The summed E-state index contributed by atoms with van der Waals surface area (Å²) in [7, 11) is 3.60. The lowest BCUT2D eigenvalue weighted by Crippen LogP contribution is -2.43. The van der Waals surface area contributed by atoms with Crippen LogP contribution < -0.4 is 0 Å². The molecule has 1 atom stereocenters. The van der Waals surface area contributed by atoms with Crippen LogP contribution in [-0.2, 0) is 9.53 Å². The van der Waals surface area contributed by atoms with Gasteiger partial charge in [0.2, 0.25) is 5.91 Å². The van der Waals surface area contributed by atoms with Crippen molar-refractivity contribution < 1.29 is 9.53 Å². The number of amides is 1. The van der Waals surface area contributed by atoms with Gasteiger partial charge in [0.25, 0.3) is 0 Å². The highest BCUT2D eigenvalue weighted by Crippen LogP contribution is 2.39. The molecule has 8 heteroatoms. The Balaban J connectivity index is 1.55. The Kier molecular flexibility index (Phi) is 6.11. The molecule has 3 aromatic heterocycles. The largest absolute Gasteiger partial charge is 0.371 e. The maximum Gasteiger partial charge on any atom is 0.236 e. The number of pyridine rings is 1. The number of hydrogen-bond donors (Lipinski definition) is 1. The second-order valence-electron chi connectivity index (χ2n) is 10.1. The van der Waals surface area contributed by atoms with Crippen LogP contribution >= 0.6 is 0 Å². The van der Waals surface area contributed by atoms with E-state index in [2.05, 4.69) is 72.1 Å². The number of nitrogens with zero attached hydrogens (tertiary/aromatic N) is 5. The molecule has 35 heavy (non-hydrogen) atoms. The predicted molar refractivity (Wildman–Crippen MR) is 138 cm³/mol. The molecule has 0 aliphatic carbocycles. The number of ether oxygens (including phenoxy) is 1. The molecule has 1 amide bonds. The molecule has 4 aromatic rings. The average molecular weight is 475 g/mol. The highest BCUT2D eigenvalue weighted by Gasteiger charge is 2.26. The number of aryl methyl sites for hydroxylation is 1. The second kappa shape index (κ2) is 9.09. The van der Waals surface area contributed by atoms with E-state index in [1.165, 1.54) is 16.5 Å². The molecule has 8 nitrogen and oxygen atoms in total. The Labute approximate surface area is 205 Å². The Bertz CT molecular complexity index is 1400. The van der Waals surface area contributed by atoms with Gasteiger partial charge in [-0.1, -0.05) is 19.9 Å². The summed E-state index contributed by atoms with van der Waals surface area (Å²) in [5.74, 6) is 0.440. The zero-order valence-electron chi connectivity index (χ0n) is 21.4. The molecule has 5 rings (SSSR count). The summed E-state index contributed by atoms with van der Waals surface area (Å²) in [5, 5.41) is 5.61. The van der Waals surface area contributed by atoms with Crippen molar-refractivity contribution in [2.24, 2.45) is 0 Å². The fourth-order valence-electron chi connectivity index (χ4n) is 5.08. The molecule has 184 valence electrons. The lowest BCUT2D eigenvalue weighted by atomic mass is 9.93. The highest BCUT2D eigenvalue weighted by molar-refractivity contribution is 5.92. The van der Waals surface area contributed by atoms with E-state index in [9.17, 15) is 4.79 Å². The van der Waals surface area contributed by atoms with Gasteiger partial charge < -0.3 is 14.6 Å².